The van der Waals surface area contributed by atoms with Crippen molar-refractivity contribution < 1.29 is 9.90 Å². The molecule has 1 aromatic rings. The lowest BCUT2D eigenvalue weighted by atomic mass is 10.0. The second kappa shape index (κ2) is 4.60. The van der Waals surface area contributed by atoms with E-state index in [2.05, 4.69) is 38.0 Å². The van der Waals surface area contributed by atoms with Crippen LogP contribution in [0.5, 0.6) is 0 Å². The molecule has 1 fully saturated rings. The Morgan fingerprint density at radius 3 is 2.47 bits per heavy atom. The Balaban J connectivity index is 1.87. The minimum absolute atomic E-state index is 0.103. The summed E-state index contributed by atoms with van der Waals surface area (Å²) in [5, 5.41) is 12.3. The summed E-state index contributed by atoms with van der Waals surface area (Å²) in [6.45, 7) is 10.7. The number of aromatic nitrogens is 1. The molecule has 4 nitrogen and oxygen atoms in total. The van der Waals surface area contributed by atoms with E-state index in [-0.39, 0.29) is 5.69 Å². The Morgan fingerprint density at radius 1 is 1.32 bits per heavy atom. The lowest BCUT2D eigenvalue weighted by molar-refractivity contribution is 0.0690. The van der Waals surface area contributed by atoms with Crippen molar-refractivity contribution in [3.05, 3.63) is 29.6 Å². The number of nitrogens with one attached hydrogen (secondary N) is 1. The number of rotatable bonds is 5. The third-order valence-corrected chi connectivity index (χ3v) is 5.00. The molecule has 1 heterocycles. The first-order valence-electron chi connectivity index (χ1n) is 6.67. The molecule has 0 unspecified atom stereocenters. The molecule has 0 saturated heterocycles. The van der Waals surface area contributed by atoms with Crippen LogP contribution >= 0.6 is 0 Å². The average molecular weight is 262 g/mol. The molecule has 2 rings (SSSR count). The van der Waals surface area contributed by atoms with Crippen molar-refractivity contribution in [2.75, 3.05) is 6.54 Å². The van der Waals surface area contributed by atoms with E-state index in [0.717, 1.165) is 12.2 Å². The van der Waals surface area contributed by atoms with Gasteiger partial charge in [-0.15, -0.1) is 0 Å². The smallest absolute Gasteiger partial charge is 0.354 e. The molecule has 0 atom stereocenters. The number of carboxylic acid groups (broad SMARTS) is 1. The molecular formula is C15H22N2O2. The second-order valence-corrected chi connectivity index (χ2v) is 6.45. The number of aromatic carboxylic acids is 1. The van der Waals surface area contributed by atoms with E-state index in [1.807, 2.05) is 6.07 Å². The van der Waals surface area contributed by atoms with Crippen LogP contribution < -0.4 is 5.32 Å². The normalized spacial score (nSPS) is 20.2. The van der Waals surface area contributed by atoms with Gasteiger partial charge in [0.1, 0.15) is 5.69 Å². The minimum Gasteiger partial charge on any atom is -0.477 e. The molecule has 104 valence electrons. The summed E-state index contributed by atoms with van der Waals surface area (Å²) < 4.78 is 0. The van der Waals surface area contributed by atoms with E-state index < -0.39 is 5.97 Å². The third kappa shape index (κ3) is 2.50. The van der Waals surface area contributed by atoms with Gasteiger partial charge in [-0.3, -0.25) is 0 Å². The Labute approximate surface area is 114 Å². The average Bonchev–Trinajstić information content (AvgIpc) is 2.72. The van der Waals surface area contributed by atoms with Gasteiger partial charge in [0.2, 0.25) is 0 Å². The van der Waals surface area contributed by atoms with Crippen LogP contribution in [0.15, 0.2) is 18.2 Å². The van der Waals surface area contributed by atoms with Gasteiger partial charge in [-0.1, -0.05) is 33.8 Å². The zero-order chi connectivity index (χ0) is 14.3. The Hall–Kier alpha value is -1.42. The highest BCUT2D eigenvalue weighted by Crippen LogP contribution is 2.67. The predicted molar refractivity (Wildman–Crippen MR) is 74.0 cm³/mol. The number of carbonyl (C=O) groups is 1. The summed E-state index contributed by atoms with van der Waals surface area (Å²) in [4.78, 5) is 14.9. The predicted octanol–water partition coefficient (Wildman–Crippen LogP) is 2.55. The fraction of sp³-hybridized carbons (Fsp3) is 0.600. The zero-order valence-corrected chi connectivity index (χ0v) is 12.0. The maximum atomic E-state index is 10.8. The first-order chi connectivity index (χ1) is 8.76. The van der Waals surface area contributed by atoms with Crippen LogP contribution in [0.25, 0.3) is 0 Å². The SMILES string of the molecule is CC1(C)C(CNCc2cccc(C(=O)O)n2)C1(C)C. The van der Waals surface area contributed by atoms with Gasteiger partial charge >= 0.3 is 5.97 Å². The van der Waals surface area contributed by atoms with Gasteiger partial charge in [-0.25, -0.2) is 9.78 Å². The standard InChI is InChI=1S/C15H22N2O2/c1-14(2)12(15(14,3)4)9-16-8-10-6-5-7-11(17-10)13(18)19/h5-7,12,16H,8-9H2,1-4H3,(H,18,19). The lowest BCUT2D eigenvalue weighted by Gasteiger charge is -2.06. The van der Waals surface area contributed by atoms with Crippen molar-refractivity contribution in [3.8, 4) is 0 Å². The Morgan fingerprint density at radius 2 is 1.95 bits per heavy atom. The molecule has 19 heavy (non-hydrogen) atoms. The number of hydrogen-bond donors (Lipinski definition) is 2. The highest BCUT2D eigenvalue weighted by molar-refractivity contribution is 5.85. The quantitative estimate of drug-likeness (QED) is 0.856. The molecule has 0 spiro atoms. The van der Waals surface area contributed by atoms with E-state index in [4.69, 9.17) is 5.11 Å². The Bertz CT molecular complexity index is 481. The van der Waals surface area contributed by atoms with Gasteiger partial charge in [0, 0.05) is 6.54 Å². The van der Waals surface area contributed by atoms with Gasteiger partial charge in [0.25, 0.3) is 0 Å². The lowest BCUT2D eigenvalue weighted by Crippen LogP contribution is -2.20. The second-order valence-electron chi connectivity index (χ2n) is 6.45. The van der Waals surface area contributed by atoms with Crippen molar-refractivity contribution in [2.45, 2.75) is 34.2 Å². The molecule has 1 aliphatic carbocycles. The number of pyridine rings is 1. The van der Waals surface area contributed by atoms with E-state index in [0.29, 0.717) is 23.3 Å². The highest BCUT2D eigenvalue weighted by atomic mass is 16.4. The summed E-state index contributed by atoms with van der Waals surface area (Å²) in [6, 6.07) is 5.10. The highest BCUT2D eigenvalue weighted by Gasteiger charge is 2.63. The molecule has 4 heteroatoms. The topological polar surface area (TPSA) is 62.2 Å². The van der Waals surface area contributed by atoms with E-state index in [9.17, 15) is 4.79 Å². The van der Waals surface area contributed by atoms with Crippen molar-refractivity contribution in [1.29, 1.82) is 0 Å². The zero-order valence-electron chi connectivity index (χ0n) is 12.0. The summed E-state index contributed by atoms with van der Waals surface area (Å²) in [6.07, 6.45) is 0. The third-order valence-electron chi connectivity index (χ3n) is 5.00. The van der Waals surface area contributed by atoms with Gasteiger partial charge in [0.05, 0.1) is 5.69 Å². The molecule has 0 aromatic carbocycles. The molecule has 0 radical (unpaired) electrons. The fourth-order valence-corrected chi connectivity index (χ4v) is 2.89. The van der Waals surface area contributed by atoms with Crippen LogP contribution in [0.4, 0.5) is 0 Å². The molecule has 2 N–H and O–H groups in total. The molecule has 0 bridgehead atoms. The van der Waals surface area contributed by atoms with Crippen LogP contribution in [-0.2, 0) is 6.54 Å². The van der Waals surface area contributed by atoms with E-state index in [1.54, 1.807) is 6.07 Å². The van der Waals surface area contributed by atoms with Crippen LogP contribution in [0.3, 0.4) is 0 Å². The monoisotopic (exact) mass is 262 g/mol. The van der Waals surface area contributed by atoms with Crippen LogP contribution in [-0.4, -0.2) is 22.6 Å². The fourth-order valence-electron chi connectivity index (χ4n) is 2.89. The van der Waals surface area contributed by atoms with Crippen LogP contribution in [0, 0.1) is 16.7 Å². The van der Waals surface area contributed by atoms with Gasteiger partial charge in [0.15, 0.2) is 0 Å². The molecule has 0 aliphatic heterocycles. The van der Waals surface area contributed by atoms with Gasteiger partial charge in [-0.05, 0) is 35.4 Å². The van der Waals surface area contributed by atoms with Crippen molar-refractivity contribution >= 4 is 5.97 Å². The molecule has 1 saturated carbocycles. The number of hydrogen-bond acceptors (Lipinski definition) is 3. The van der Waals surface area contributed by atoms with Crippen LogP contribution in [0.1, 0.15) is 43.9 Å². The first kappa shape index (κ1) is 14.0. The molecule has 1 aliphatic rings. The maximum absolute atomic E-state index is 10.8. The van der Waals surface area contributed by atoms with E-state index in [1.165, 1.54) is 6.07 Å². The van der Waals surface area contributed by atoms with Crippen molar-refractivity contribution in [1.82, 2.24) is 10.3 Å². The summed E-state index contributed by atoms with van der Waals surface area (Å²) >= 11 is 0. The summed E-state index contributed by atoms with van der Waals surface area (Å²) in [7, 11) is 0. The summed E-state index contributed by atoms with van der Waals surface area (Å²) in [5.74, 6) is -0.325. The van der Waals surface area contributed by atoms with Crippen LogP contribution in [0.2, 0.25) is 0 Å². The maximum Gasteiger partial charge on any atom is 0.354 e. The van der Waals surface area contributed by atoms with Gasteiger partial charge < -0.3 is 10.4 Å². The van der Waals surface area contributed by atoms with Gasteiger partial charge in [-0.2, -0.15) is 0 Å². The molecular weight excluding hydrogens is 240 g/mol. The molecule has 1 aromatic heterocycles. The van der Waals surface area contributed by atoms with Crippen molar-refractivity contribution in [3.63, 3.8) is 0 Å². The minimum atomic E-state index is -0.980. The number of carboxylic acids is 1. The van der Waals surface area contributed by atoms with E-state index >= 15 is 0 Å². The Kier molecular flexibility index (Phi) is 3.39. The van der Waals surface area contributed by atoms with Crippen molar-refractivity contribution in [2.24, 2.45) is 16.7 Å². The largest absolute Gasteiger partial charge is 0.477 e. The summed E-state index contributed by atoms with van der Waals surface area (Å²) in [5.41, 5.74) is 1.62. The molecule has 0 amide bonds. The first-order valence-corrected chi connectivity index (χ1v) is 6.67. The number of nitrogens with zero attached hydrogens (tertiary/aromatic N) is 1.